The standard InChI is InChI=1S/C21H24FN3OS/c1-12-9-13(2)24-21-18(12)14(3)19(27-21)20(26)23-11-17(25(4)5)15-7-6-8-16(22)10-15/h6-10,17H,11H2,1-5H3,(H,23,26). The minimum absolute atomic E-state index is 0.110. The van der Waals surface area contributed by atoms with Crippen LogP contribution in [0.3, 0.4) is 0 Å². The highest BCUT2D eigenvalue weighted by atomic mass is 32.1. The summed E-state index contributed by atoms with van der Waals surface area (Å²) in [5.41, 5.74) is 3.88. The second-order valence-electron chi connectivity index (χ2n) is 7.06. The van der Waals surface area contributed by atoms with Crippen molar-refractivity contribution in [1.29, 1.82) is 0 Å². The Hall–Kier alpha value is -2.31. The van der Waals surface area contributed by atoms with Gasteiger partial charge in [-0.15, -0.1) is 11.3 Å². The molecule has 4 nitrogen and oxygen atoms in total. The van der Waals surface area contributed by atoms with Crippen LogP contribution in [0.1, 0.15) is 38.1 Å². The molecule has 0 radical (unpaired) electrons. The molecule has 1 atom stereocenters. The second-order valence-corrected chi connectivity index (χ2v) is 8.06. The molecule has 0 bridgehead atoms. The molecule has 1 unspecified atom stereocenters. The van der Waals surface area contributed by atoms with Crippen LogP contribution >= 0.6 is 11.3 Å². The lowest BCUT2D eigenvalue weighted by Crippen LogP contribution is -2.34. The lowest BCUT2D eigenvalue weighted by Gasteiger charge is -2.25. The van der Waals surface area contributed by atoms with E-state index in [-0.39, 0.29) is 17.8 Å². The van der Waals surface area contributed by atoms with Gasteiger partial charge in [-0.25, -0.2) is 9.37 Å². The number of aryl methyl sites for hydroxylation is 3. The highest BCUT2D eigenvalue weighted by Crippen LogP contribution is 2.32. The highest BCUT2D eigenvalue weighted by molar-refractivity contribution is 7.20. The largest absolute Gasteiger partial charge is 0.349 e. The van der Waals surface area contributed by atoms with Gasteiger partial charge in [0.2, 0.25) is 0 Å². The molecule has 0 aliphatic carbocycles. The Kier molecular flexibility index (Phi) is 5.58. The number of thiophene rings is 1. The molecule has 27 heavy (non-hydrogen) atoms. The lowest BCUT2D eigenvalue weighted by atomic mass is 10.1. The first-order valence-electron chi connectivity index (χ1n) is 8.85. The third-order valence-electron chi connectivity index (χ3n) is 4.74. The third-order valence-corrected chi connectivity index (χ3v) is 5.93. The van der Waals surface area contributed by atoms with Gasteiger partial charge in [0.25, 0.3) is 5.91 Å². The topological polar surface area (TPSA) is 45.2 Å². The summed E-state index contributed by atoms with van der Waals surface area (Å²) in [4.78, 5) is 21.0. The highest BCUT2D eigenvalue weighted by Gasteiger charge is 2.20. The smallest absolute Gasteiger partial charge is 0.261 e. The van der Waals surface area contributed by atoms with E-state index in [4.69, 9.17) is 0 Å². The number of carbonyl (C=O) groups excluding carboxylic acids is 1. The molecular weight excluding hydrogens is 361 g/mol. The molecule has 142 valence electrons. The molecule has 0 fully saturated rings. The van der Waals surface area contributed by atoms with Crippen LogP contribution < -0.4 is 5.32 Å². The van der Waals surface area contributed by atoms with Gasteiger partial charge in [-0.1, -0.05) is 12.1 Å². The number of fused-ring (bicyclic) bond motifs is 1. The fourth-order valence-electron chi connectivity index (χ4n) is 3.42. The Balaban J connectivity index is 1.83. The Bertz CT molecular complexity index is 997. The number of benzene rings is 1. The number of pyridine rings is 1. The first-order valence-corrected chi connectivity index (χ1v) is 9.67. The molecule has 1 amide bonds. The summed E-state index contributed by atoms with van der Waals surface area (Å²) in [7, 11) is 3.84. The molecule has 0 spiro atoms. The van der Waals surface area contributed by atoms with Gasteiger partial charge in [0, 0.05) is 17.6 Å². The fraction of sp³-hybridized carbons (Fsp3) is 0.333. The van der Waals surface area contributed by atoms with Gasteiger partial charge in [-0.2, -0.15) is 0 Å². The zero-order valence-corrected chi connectivity index (χ0v) is 17.1. The van der Waals surface area contributed by atoms with Crippen LogP contribution in [0.4, 0.5) is 4.39 Å². The summed E-state index contributed by atoms with van der Waals surface area (Å²) in [6.07, 6.45) is 0. The monoisotopic (exact) mass is 385 g/mol. The summed E-state index contributed by atoms with van der Waals surface area (Å²) in [5.74, 6) is -0.390. The van der Waals surface area contributed by atoms with E-state index < -0.39 is 0 Å². The first-order chi connectivity index (χ1) is 12.8. The van der Waals surface area contributed by atoms with Gasteiger partial charge in [-0.05, 0) is 69.8 Å². The normalized spacial score (nSPS) is 12.6. The van der Waals surface area contributed by atoms with E-state index in [1.807, 2.05) is 51.9 Å². The van der Waals surface area contributed by atoms with Crippen molar-refractivity contribution in [3.63, 3.8) is 0 Å². The Morgan fingerprint density at radius 1 is 1.26 bits per heavy atom. The lowest BCUT2D eigenvalue weighted by molar-refractivity contribution is 0.0945. The van der Waals surface area contributed by atoms with E-state index in [9.17, 15) is 9.18 Å². The molecule has 0 saturated carbocycles. The van der Waals surface area contributed by atoms with Gasteiger partial charge in [0.15, 0.2) is 0 Å². The van der Waals surface area contributed by atoms with E-state index >= 15 is 0 Å². The summed E-state index contributed by atoms with van der Waals surface area (Å²) in [6.45, 7) is 6.37. The molecule has 3 aromatic rings. The van der Waals surface area contributed by atoms with E-state index in [2.05, 4.69) is 10.3 Å². The van der Waals surface area contributed by atoms with Crippen LogP contribution in [-0.4, -0.2) is 36.4 Å². The van der Waals surface area contributed by atoms with Crippen molar-refractivity contribution >= 4 is 27.5 Å². The first kappa shape index (κ1) is 19.5. The second kappa shape index (κ2) is 7.74. The van der Waals surface area contributed by atoms with Crippen molar-refractivity contribution in [3.8, 4) is 0 Å². The van der Waals surface area contributed by atoms with Gasteiger partial charge >= 0.3 is 0 Å². The number of halogens is 1. The molecule has 1 N–H and O–H groups in total. The number of rotatable bonds is 5. The maximum atomic E-state index is 13.6. The summed E-state index contributed by atoms with van der Waals surface area (Å²) in [6, 6.07) is 8.43. The Morgan fingerprint density at radius 3 is 2.67 bits per heavy atom. The van der Waals surface area contributed by atoms with E-state index in [1.54, 1.807) is 6.07 Å². The van der Waals surface area contributed by atoms with E-state index in [1.165, 1.54) is 23.5 Å². The van der Waals surface area contributed by atoms with Gasteiger partial charge in [0.05, 0.1) is 10.9 Å². The summed E-state index contributed by atoms with van der Waals surface area (Å²) < 4.78 is 13.6. The maximum absolute atomic E-state index is 13.6. The van der Waals surface area contributed by atoms with Crippen molar-refractivity contribution in [2.75, 3.05) is 20.6 Å². The number of aromatic nitrogens is 1. The molecule has 0 aliphatic heterocycles. The molecule has 2 heterocycles. The summed E-state index contributed by atoms with van der Waals surface area (Å²) in [5, 5.41) is 4.07. The molecule has 6 heteroatoms. The van der Waals surface area contributed by atoms with Crippen LogP contribution in [0.15, 0.2) is 30.3 Å². The predicted molar refractivity (Wildman–Crippen MR) is 109 cm³/mol. The molecule has 1 aromatic carbocycles. The number of hydrogen-bond donors (Lipinski definition) is 1. The van der Waals surface area contributed by atoms with Crippen LogP contribution in [-0.2, 0) is 0 Å². The maximum Gasteiger partial charge on any atom is 0.261 e. The molecule has 0 aliphatic rings. The molecular formula is C21H24FN3OS. The minimum atomic E-state index is -0.275. The SMILES string of the molecule is Cc1cc(C)c2c(C)c(C(=O)NCC(c3cccc(F)c3)N(C)C)sc2n1. The number of hydrogen-bond acceptors (Lipinski definition) is 4. The van der Waals surface area contributed by atoms with Crippen molar-refractivity contribution < 1.29 is 9.18 Å². The fourth-order valence-corrected chi connectivity index (χ4v) is 4.64. The average molecular weight is 386 g/mol. The van der Waals surface area contributed by atoms with Crippen molar-refractivity contribution in [2.24, 2.45) is 0 Å². The van der Waals surface area contributed by atoms with E-state index in [0.717, 1.165) is 32.6 Å². The van der Waals surface area contributed by atoms with E-state index in [0.29, 0.717) is 11.4 Å². The molecule has 0 saturated heterocycles. The number of nitrogens with one attached hydrogen (secondary N) is 1. The molecule has 3 rings (SSSR count). The van der Waals surface area contributed by atoms with Gasteiger partial charge in [0.1, 0.15) is 10.6 Å². The zero-order chi connectivity index (χ0) is 19.7. The van der Waals surface area contributed by atoms with Gasteiger partial charge in [-0.3, -0.25) is 4.79 Å². The quantitative estimate of drug-likeness (QED) is 0.708. The number of carbonyl (C=O) groups is 1. The minimum Gasteiger partial charge on any atom is -0.349 e. The number of nitrogens with zero attached hydrogens (tertiary/aromatic N) is 2. The van der Waals surface area contributed by atoms with Crippen LogP contribution in [0.5, 0.6) is 0 Å². The van der Waals surface area contributed by atoms with Crippen molar-refractivity contribution in [1.82, 2.24) is 15.2 Å². The zero-order valence-electron chi connectivity index (χ0n) is 16.3. The summed E-state index contributed by atoms with van der Waals surface area (Å²) >= 11 is 1.42. The van der Waals surface area contributed by atoms with Crippen molar-refractivity contribution in [2.45, 2.75) is 26.8 Å². The van der Waals surface area contributed by atoms with Crippen LogP contribution in [0, 0.1) is 26.6 Å². The molecule has 2 aromatic heterocycles. The number of amides is 1. The third kappa shape index (κ3) is 4.01. The number of likely N-dealkylation sites (N-methyl/N-ethyl adjacent to an activating group) is 1. The van der Waals surface area contributed by atoms with Crippen molar-refractivity contribution in [3.05, 3.63) is 63.4 Å². The Morgan fingerprint density at radius 2 is 2.00 bits per heavy atom. The van der Waals surface area contributed by atoms with Gasteiger partial charge < -0.3 is 10.2 Å². The predicted octanol–water partition coefficient (Wildman–Crippen LogP) is 4.39. The van der Waals surface area contributed by atoms with Crippen LogP contribution in [0.25, 0.3) is 10.2 Å². The van der Waals surface area contributed by atoms with Crippen LogP contribution in [0.2, 0.25) is 0 Å². The average Bonchev–Trinajstić information content (AvgIpc) is 2.91. The Labute approximate surface area is 163 Å².